The van der Waals surface area contributed by atoms with Crippen molar-refractivity contribution in [3.05, 3.63) is 65.9 Å². The second-order valence-electron chi connectivity index (χ2n) is 5.54. The van der Waals surface area contributed by atoms with Crippen LogP contribution < -0.4 is 5.01 Å². The van der Waals surface area contributed by atoms with Gasteiger partial charge in [-0.15, -0.1) is 0 Å². The number of aromatic nitrogens is 2. The summed E-state index contributed by atoms with van der Waals surface area (Å²) in [4.78, 5) is 8.87. The number of benzene rings is 2. The molecular weight excluding hydrogens is 316 g/mol. The van der Waals surface area contributed by atoms with Crippen LogP contribution in [0.25, 0.3) is 11.4 Å². The first-order valence-corrected chi connectivity index (χ1v) is 7.74. The van der Waals surface area contributed by atoms with Crippen LogP contribution in [0.15, 0.2) is 59.7 Å². The number of anilines is 1. The Morgan fingerprint density at radius 3 is 2.36 bits per heavy atom. The normalized spacial score (nSPS) is 11.0. The Morgan fingerprint density at radius 2 is 1.64 bits per heavy atom. The molecule has 0 unspecified atom stereocenters. The number of phenolic OH excluding ortho intramolecular Hbond substituents is 2. The molecule has 0 saturated carbocycles. The zero-order valence-electron chi connectivity index (χ0n) is 14.0. The van der Waals surface area contributed by atoms with Gasteiger partial charge < -0.3 is 10.2 Å². The maximum absolute atomic E-state index is 10.0. The average Bonchev–Trinajstić information content (AvgIpc) is 2.60. The van der Waals surface area contributed by atoms with E-state index in [-0.39, 0.29) is 11.5 Å². The average molecular weight is 334 g/mol. The Labute approximate surface area is 145 Å². The Morgan fingerprint density at radius 1 is 0.960 bits per heavy atom. The quantitative estimate of drug-likeness (QED) is 0.565. The van der Waals surface area contributed by atoms with E-state index in [4.69, 9.17) is 0 Å². The lowest BCUT2D eigenvalue weighted by Gasteiger charge is -2.14. The molecule has 3 rings (SSSR count). The van der Waals surface area contributed by atoms with Crippen molar-refractivity contribution in [2.45, 2.75) is 6.92 Å². The van der Waals surface area contributed by atoms with Crippen LogP contribution >= 0.6 is 0 Å². The van der Waals surface area contributed by atoms with E-state index in [9.17, 15) is 10.2 Å². The molecule has 6 heteroatoms. The topological polar surface area (TPSA) is 81.8 Å². The molecule has 6 nitrogen and oxygen atoms in total. The number of para-hydroxylation sites is 2. The van der Waals surface area contributed by atoms with Crippen LogP contribution in [0.5, 0.6) is 11.5 Å². The number of nitrogens with zero attached hydrogens (tertiary/aromatic N) is 4. The van der Waals surface area contributed by atoms with Crippen LogP contribution in [0.4, 0.5) is 5.82 Å². The van der Waals surface area contributed by atoms with Gasteiger partial charge in [-0.05, 0) is 31.2 Å². The SMILES string of the molecule is Cc1cc(N(C)/N=C/c2ccccc2O)nc(-c2ccccc2O)n1. The third kappa shape index (κ3) is 3.74. The third-order valence-electron chi connectivity index (χ3n) is 3.62. The highest BCUT2D eigenvalue weighted by Gasteiger charge is 2.11. The monoisotopic (exact) mass is 334 g/mol. The Bertz CT molecular complexity index is 925. The van der Waals surface area contributed by atoms with E-state index in [1.54, 1.807) is 60.7 Å². The van der Waals surface area contributed by atoms with Crippen molar-refractivity contribution in [3.8, 4) is 22.9 Å². The molecule has 25 heavy (non-hydrogen) atoms. The first-order chi connectivity index (χ1) is 12.0. The van der Waals surface area contributed by atoms with Crippen molar-refractivity contribution in [1.29, 1.82) is 0 Å². The van der Waals surface area contributed by atoms with Crippen molar-refractivity contribution in [3.63, 3.8) is 0 Å². The molecule has 0 aliphatic carbocycles. The summed E-state index contributed by atoms with van der Waals surface area (Å²) in [6.07, 6.45) is 1.56. The molecule has 0 atom stereocenters. The number of aromatic hydroxyl groups is 2. The maximum Gasteiger partial charge on any atom is 0.165 e. The van der Waals surface area contributed by atoms with Gasteiger partial charge in [-0.2, -0.15) is 5.10 Å². The summed E-state index contributed by atoms with van der Waals surface area (Å²) < 4.78 is 0. The number of hydrogen-bond acceptors (Lipinski definition) is 6. The molecule has 0 spiro atoms. The zero-order chi connectivity index (χ0) is 17.8. The van der Waals surface area contributed by atoms with Gasteiger partial charge in [0.25, 0.3) is 0 Å². The molecule has 1 heterocycles. The van der Waals surface area contributed by atoms with Gasteiger partial charge in [-0.1, -0.05) is 24.3 Å². The summed E-state index contributed by atoms with van der Waals surface area (Å²) in [6, 6.07) is 15.7. The molecule has 3 aromatic rings. The van der Waals surface area contributed by atoms with Crippen LogP contribution in [0.1, 0.15) is 11.3 Å². The van der Waals surface area contributed by atoms with E-state index in [0.29, 0.717) is 22.8 Å². The fraction of sp³-hybridized carbons (Fsp3) is 0.105. The predicted octanol–water partition coefficient (Wildman–Crippen LogP) is 3.33. The van der Waals surface area contributed by atoms with Gasteiger partial charge in [-0.25, -0.2) is 9.97 Å². The molecule has 0 saturated heterocycles. The first-order valence-electron chi connectivity index (χ1n) is 7.74. The van der Waals surface area contributed by atoms with E-state index in [0.717, 1.165) is 5.69 Å². The smallest absolute Gasteiger partial charge is 0.165 e. The summed E-state index contributed by atoms with van der Waals surface area (Å²) in [7, 11) is 1.76. The number of aryl methyl sites for hydroxylation is 1. The number of hydrazone groups is 1. The van der Waals surface area contributed by atoms with Gasteiger partial charge in [0.15, 0.2) is 11.6 Å². The second kappa shape index (κ2) is 7.00. The van der Waals surface area contributed by atoms with Crippen molar-refractivity contribution in [2.24, 2.45) is 5.10 Å². The minimum Gasteiger partial charge on any atom is -0.507 e. The van der Waals surface area contributed by atoms with Gasteiger partial charge in [0.05, 0.1) is 11.8 Å². The minimum absolute atomic E-state index is 0.124. The van der Waals surface area contributed by atoms with Crippen molar-refractivity contribution in [2.75, 3.05) is 12.1 Å². The predicted molar refractivity (Wildman–Crippen MR) is 98.0 cm³/mol. The number of hydrogen-bond donors (Lipinski definition) is 2. The van der Waals surface area contributed by atoms with Gasteiger partial charge >= 0.3 is 0 Å². The Balaban J connectivity index is 1.92. The number of phenols is 2. The molecule has 126 valence electrons. The maximum atomic E-state index is 10.0. The van der Waals surface area contributed by atoms with E-state index in [1.165, 1.54) is 0 Å². The number of rotatable bonds is 4. The highest BCUT2D eigenvalue weighted by molar-refractivity contribution is 5.83. The lowest BCUT2D eigenvalue weighted by Crippen LogP contribution is -2.12. The molecule has 0 bridgehead atoms. The van der Waals surface area contributed by atoms with Gasteiger partial charge in [0, 0.05) is 24.4 Å². The van der Waals surface area contributed by atoms with Crippen LogP contribution in [-0.2, 0) is 0 Å². The highest BCUT2D eigenvalue weighted by atomic mass is 16.3. The summed E-state index contributed by atoms with van der Waals surface area (Å²) in [5.74, 6) is 1.29. The van der Waals surface area contributed by atoms with Crippen LogP contribution in [0.3, 0.4) is 0 Å². The third-order valence-corrected chi connectivity index (χ3v) is 3.62. The molecule has 0 radical (unpaired) electrons. The summed E-state index contributed by atoms with van der Waals surface area (Å²) in [5, 5.41) is 25.7. The molecule has 0 fully saturated rings. The molecule has 2 aromatic carbocycles. The van der Waals surface area contributed by atoms with Gasteiger partial charge in [0.1, 0.15) is 11.5 Å². The molecule has 1 aromatic heterocycles. The first kappa shape index (κ1) is 16.4. The molecule has 0 amide bonds. The fourth-order valence-electron chi connectivity index (χ4n) is 2.31. The summed E-state index contributed by atoms with van der Waals surface area (Å²) in [5.41, 5.74) is 1.93. The van der Waals surface area contributed by atoms with Crippen LogP contribution in [0.2, 0.25) is 0 Å². The van der Waals surface area contributed by atoms with Crippen molar-refractivity contribution in [1.82, 2.24) is 9.97 Å². The molecule has 0 aliphatic rings. The second-order valence-corrected chi connectivity index (χ2v) is 5.54. The van der Waals surface area contributed by atoms with E-state index in [2.05, 4.69) is 15.1 Å². The summed E-state index contributed by atoms with van der Waals surface area (Å²) >= 11 is 0. The Hall–Kier alpha value is -3.41. The highest BCUT2D eigenvalue weighted by Crippen LogP contribution is 2.27. The standard InChI is InChI=1S/C19H18N4O2/c1-13-11-18(22-19(21-13)15-8-4-6-10-17(15)25)23(2)20-12-14-7-3-5-9-16(14)24/h3-12,24-25H,1-2H3/b20-12+. The zero-order valence-corrected chi connectivity index (χ0v) is 14.0. The largest absolute Gasteiger partial charge is 0.507 e. The lowest BCUT2D eigenvalue weighted by atomic mass is 10.2. The van der Waals surface area contributed by atoms with Crippen LogP contribution in [0, 0.1) is 6.92 Å². The molecular formula is C19H18N4O2. The lowest BCUT2D eigenvalue weighted by molar-refractivity contribution is 0.474. The van der Waals surface area contributed by atoms with Crippen molar-refractivity contribution < 1.29 is 10.2 Å². The molecule has 0 aliphatic heterocycles. The van der Waals surface area contributed by atoms with E-state index >= 15 is 0 Å². The van der Waals surface area contributed by atoms with Crippen molar-refractivity contribution >= 4 is 12.0 Å². The van der Waals surface area contributed by atoms with Crippen LogP contribution in [-0.4, -0.2) is 33.4 Å². The van der Waals surface area contributed by atoms with E-state index in [1.807, 2.05) is 19.1 Å². The summed E-state index contributed by atoms with van der Waals surface area (Å²) in [6.45, 7) is 1.86. The minimum atomic E-state index is 0.124. The fourth-order valence-corrected chi connectivity index (χ4v) is 2.31. The Kier molecular flexibility index (Phi) is 4.61. The molecule has 2 N–H and O–H groups in total. The van der Waals surface area contributed by atoms with E-state index < -0.39 is 0 Å². The van der Waals surface area contributed by atoms with Gasteiger partial charge in [0.2, 0.25) is 0 Å². The van der Waals surface area contributed by atoms with Gasteiger partial charge in [-0.3, -0.25) is 5.01 Å².